The first-order chi connectivity index (χ1) is 53.7. The maximum absolute atomic E-state index is 13.5. The fraction of sp³-hybridized carbons (Fsp3) is 0.182. The van der Waals surface area contributed by atoms with Gasteiger partial charge in [-0.2, -0.15) is 10.2 Å². The number of aryl methyl sites for hydroxylation is 2. The summed E-state index contributed by atoms with van der Waals surface area (Å²) < 4.78 is 3.63. The molecule has 2 N–H and O–H groups in total. The number of aromatic nitrogens is 4. The number of fused-ring (bicyclic) bond motifs is 14. The van der Waals surface area contributed by atoms with Crippen LogP contribution in [0.2, 0.25) is 0 Å². The number of hydrogen-bond acceptors (Lipinski definition) is 20. The number of nitrogens with two attached hydrogens (primary N) is 1. The number of aliphatic imine (C=N–C) groups is 8. The summed E-state index contributed by atoms with van der Waals surface area (Å²) in [5.41, 5.74) is 25.1. The molecule has 10 aromatic rings. The smallest absolute Gasteiger partial charge is 0.248 e. The summed E-state index contributed by atoms with van der Waals surface area (Å²) in [6.45, 7) is 13.0. The second-order valence-corrected chi connectivity index (χ2v) is 27.6. The van der Waals surface area contributed by atoms with E-state index in [9.17, 15) is 28.8 Å². The first-order valence-electron chi connectivity index (χ1n) is 36.6. The standard InChI is InChI=1S/C23H21N5O.C22H20N4O2.C22H19N3O2.C21H17N5O/c1-4-28(5-2)23-25-20-16-8-6-7-9-17(16)22(29)19(21(20)26-23)14-10-11-15-13-24-27(3)18(15)12-14;1-3-26(4-2)22-24-18-15-10-5-6-11-16(15)20(27)17(19(18)25-22)13-8-7-9-14(12-13)21(23)28;1-13(26)11-14-7-6-8-15(12-14)18-20-19(23-22(24-20)25(2)3)16-9-4-5-10-17(16)21(18)27;1-25(2)21-23-18-14-6-4-5-7-15(14)20(27)17(19(18)24-21)12-8-9-13-11-22-26(3)16(13)10-12/h6-13H,4-5H2,1-3H3;5-12H,3-4H2,1-2H3,(H2,23,28);4-10,12H,11H2,1-3H3;4-11H,1-3H3. The van der Waals surface area contributed by atoms with Crippen LogP contribution in [-0.4, -0.2) is 175 Å². The van der Waals surface area contributed by atoms with E-state index in [2.05, 4.69) is 43.9 Å². The van der Waals surface area contributed by atoms with Crippen molar-refractivity contribution in [2.45, 2.75) is 41.0 Å². The van der Waals surface area contributed by atoms with E-state index in [-0.39, 0.29) is 28.9 Å². The Morgan fingerprint density at radius 3 is 1.02 bits per heavy atom. The van der Waals surface area contributed by atoms with Gasteiger partial charge >= 0.3 is 0 Å². The largest absolute Gasteiger partial charge is 0.366 e. The summed E-state index contributed by atoms with van der Waals surface area (Å²) in [5, 5.41) is 10.7. The molecule has 4 aliphatic carbocycles. The summed E-state index contributed by atoms with van der Waals surface area (Å²) in [4.78, 5) is 122. The summed E-state index contributed by atoms with van der Waals surface area (Å²) in [5.74, 6) is 1.76. The van der Waals surface area contributed by atoms with Crippen molar-refractivity contribution in [3.63, 3.8) is 0 Å². The molecule has 1 amide bonds. The highest BCUT2D eigenvalue weighted by Gasteiger charge is 2.40. The van der Waals surface area contributed by atoms with Crippen molar-refractivity contribution in [3.05, 3.63) is 295 Å². The predicted octanol–water partition coefficient (Wildman–Crippen LogP) is 12.6. The fourth-order valence-electron chi connectivity index (χ4n) is 14.6. The van der Waals surface area contributed by atoms with Crippen molar-refractivity contribution in [2.24, 2.45) is 59.8 Å². The molecule has 0 radical (unpaired) electrons. The number of carbonyl (C=O) groups is 6. The lowest BCUT2D eigenvalue weighted by atomic mass is 9.83. The minimum absolute atomic E-state index is 0.0133. The molecular weight excluding hydrogens is 1390 g/mol. The second kappa shape index (κ2) is 29.7. The SMILES string of the molecule is CC(=O)Cc1cccc(C2=C3N=C(N(C)C)N=C3c3ccccc3C2=O)c1.CCN(CC)C1=NC2=C(c3ccc4cnn(C)c4c3)C(=O)c3ccccc3C2=N1.CCN(CC)C1=NC2=C(c3cccc(C(N)=O)c3)C(=O)c3ccccc3C2=N1.CN(C)C1=NC2=C(c3ccc4cnn(C)c4c3)C(=O)c3ccccc3C2=N1. The van der Waals surface area contributed by atoms with Gasteiger partial charge in [0.2, 0.25) is 29.7 Å². The highest BCUT2D eigenvalue weighted by atomic mass is 16.2. The molecule has 6 heterocycles. The minimum Gasteiger partial charge on any atom is -0.366 e. The average molecular weight is 1470 g/mol. The van der Waals surface area contributed by atoms with Gasteiger partial charge in [0.15, 0.2) is 23.1 Å². The monoisotopic (exact) mass is 1470 g/mol. The molecule has 0 atom stereocenters. The lowest BCUT2D eigenvalue weighted by Gasteiger charge is -2.19. The molecule has 0 bridgehead atoms. The molecule has 111 heavy (non-hydrogen) atoms. The van der Waals surface area contributed by atoms with Crippen LogP contribution in [0.4, 0.5) is 0 Å². The Hall–Kier alpha value is -14.0. The number of guanidine groups is 4. The van der Waals surface area contributed by atoms with E-state index in [4.69, 9.17) is 30.7 Å². The molecule has 23 nitrogen and oxygen atoms in total. The van der Waals surface area contributed by atoms with Gasteiger partial charge < -0.3 is 25.3 Å². The van der Waals surface area contributed by atoms with E-state index in [1.54, 1.807) is 37.3 Å². The molecule has 18 rings (SSSR count). The lowest BCUT2D eigenvalue weighted by molar-refractivity contribution is -0.116. The Morgan fingerprint density at radius 1 is 0.369 bits per heavy atom. The number of rotatable bonds is 11. The zero-order chi connectivity index (χ0) is 77.8. The number of benzene rings is 8. The Morgan fingerprint density at radius 2 is 0.685 bits per heavy atom. The normalized spacial score (nSPS) is 15.3. The van der Waals surface area contributed by atoms with Crippen LogP contribution < -0.4 is 5.73 Å². The van der Waals surface area contributed by atoms with Gasteiger partial charge in [-0.3, -0.25) is 38.1 Å². The van der Waals surface area contributed by atoms with Crippen molar-refractivity contribution in [3.8, 4) is 0 Å². The summed E-state index contributed by atoms with van der Waals surface area (Å²) in [6.07, 6.45) is 3.99. The molecule has 0 unspecified atom stereocenters. The number of amides is 1. The molecule has 550 valence electrons. The van der Waals surface area contributed by atoms with Gasteiger partial charge in [0.25, 0.3) is 0 Å². The summed E-state index contributed by atoms with van der Waals surface area (Å²) in [7, 11) is 11.3. The molecule has 23 heteroatoms. The van der Waals surface area contributed by atoms with Gasteiger partial charge in [0, 0.05) is 136 Å². The van der Waals surface area contributed by atoms with Crippen LogP contribution in [0.3, 0.4) is 0 Å². The zero-order valence-electron chi connectivity index (χ0n) is 63.2. The molecule has 0 saturated heterocycles. The van der Waals surface area contributed by atoms with E-state index in [0.717, 1.165) is 110 Å². The highest BCUT2D eigenvalue weighted by Crippen LogP contribution is 2.42. The van der Waals surface area contributed by atoms with Gasteiger partial charge in [-0.15, -0.1) is 0 Å². The van der Waals surface area contributed by atoms with Gasteiger partial charge in [-0.05, 0) is 86.7 Å². The maximum atomic E-state index is 13.5. The van der Waals surface area contributed by atoms with E-state index in [0.29, 0.717) is 114 Å². The quantitative estimate of drug-likeness (QED) is 0.127. The molecule has 8 aliphatic rings. The minimum atomic E-state index is -0.538. The van der Waals surface area contributed by atoms with Gasteiger partial charge in [-0.1, -0.05) is 158 Å². The van der Waals surface area contributed by atoms with E-state index < -0.39 is 5.91 Å². The van der Waals surface area contributed by atoms with E-state index in [1.807, 2.05) is 244 Å². The van der Waals surface area contributed by atoms with Crippen molar-refractivity contribution >= 4 is 126 Å². The Bertz CT molecular complexity index is 6130. The molecule has 0 fully saturated rings. The molecule has 0 saturated carbocycles. The number of hydrogen-bond donors (Lipinski definition) is 1. The van der Waals surface area contributed by atoms with Crippen molar-refractivity contribution in [2.75, 3.05) is 54.4 Å². The molecule has 8 aromatic carbocycles. The topological polar surface area (TPSA) is 276 Å². The van der Waals surface area contributed by atoms with Crippen LogP contribution in [0, 0.1) is 0 Å². The highest BCUT2D eigenvalue weighted by molar-refractivity contribution is 6.47. The number of Topliss-reactive ketones (excluding diaryl/α,β-unsaturated/α-hetero) is 5. The van der Waals surface area contributed by atoms with Crippen LogP contribution in [0.5, 0.6) is 0 Å². The zero-order valence-corrected chi connectivity index (χ0v) is 63.2. The van der Waals surface area contributed by atoms with E-state index in [1.165, 1.54) is 0 Å². The maximum Gasteiger partial charge on any atom is 0.248 e. The Kier molecular flexibility index (Phi) is 19.4. The van der Waals surface area contributed by atoms with Crippen LogP contribution >= 0.6 is 0 Å². The first kappa shape index (κ1) is 72.6. The van der Waals surface area contributed by atoms with Gasteiger partial charge in [-0.25, -0.2) is 39.9 Å². The number of nitrogens with zero attached hydrogens (tertiary/aromatic N) is 16. The molecule has 2 aromatic heterocycles. The number of ketones is 5. The molecule has 0 spiro atoms. The first-order valence-corrected chi connectivity index (χ1v) is 36.6. The van der Waals surface area contributed by atoms with E-state index >= 15 is 0 Å². The van der Waals surface area contributed by atoms with Gasteiger partial charge in [0.1, 0.15) is 51.4 Å². The summed E-state index contributed by atoms with van der Waals surface area (Å²) in [6, 6.07) is 56.4. The number of allylic oxidation sites excluding steroid dienone is 8. The number of carbonyl (C=O) groups excluding carboxylic acids is 6. The third-order valence-corrected chi connectivity index (χ3v) is 20.2. The number of primary amides is 1. The van der Waals surface area contributed by atoms with Crippen LogP contribution in [-0.2, 0) is 25.3 Å². The van der Waals surface area contributed by atoms with Gasteiger partial charge in [0.05, 0.1) is 45.7 Å². The van der Waals surface area contributed by atoms with Crippen LogP contribution in [0.1, 0.15) is 136 Å². The fourth-order valence-corrected chi connectivity index (χ4v) is 14.6. The molecular formula is C88H77N17O6. The van der Waals surface area contributed by atoms with Crippen molar-refractivity contribution < 1.29 is 28.8 Å². The van der Waals surface area contributed by atoms with Crippen molar-refractivity contribution in [1.82, 2.24) is 39.2 Å². The van der Waals surface area contributed by atoms with Crippen LogP contribution in [0.25, 0.3) is 44.1 Å². The Labute approximate surface area is 640 Å². The summed E-state index contributed by atoms with van der Waals surface area (Å²) >= 11 is 0. The third-order valence-electron chi connectivity index (χ3n) is 20.2. The molecule has 4 aliphatic heterocycles. The third kappa shape index (κ3) is 13.2. The second-order valence-electron chi connectivity index (χ2n) is 27.6. The van der Waals surface area contributed by atoms with Crippen molar-refractivity contribution in [1.29, 1.82) is 0 Å². The lowest BCUT2D eigenvalue weighted by Crippen LogP contribution is -2.28. The average Bonchev–Trinajstić information content (AvgIpc) is 1.65. The van der Waals surface area contributed by atoms with Crippen LogP contribution in [0.15, 0.2) is 257 Å². The predicted molar refractivity (Wildman–Crippen MR) is 437 cm³/mol. The Balaban J connectivity index is 0.000000117.